The number of nitrogens with one attached hydrogen (secondary N) is 2. The number of thiazole rings is 1. The van der Waals surface area contributed by atoms with Crippen LogP contribution in [-0.4, -0.2) is 69.8 Å². The fourth-order valence-electron chi connectivity index (χ4n) is 3.75. The maximum Gasteiger partial charge on any atom is 0.238 e. The van der Waals surface area contributed by atoms with Gasteiger partial charge in [-0.2, -0.15) is 4.98 Å². The average molecular weight is 466 g/mol. The van der Waals surface area contributed by atoms with Gasteiger partial charge in [0.15, 0.2) is 0 Å². The minimum Gasteiger partial charge on any atom is -0.396 e. The van der Waals surface area contributed by atoms with Crippen LogP contribution in [0.15, 0.2) is 24.3 Å². The van der Waals surface area contributed by atoms with Crippen molar-refractivity contribution in [3.05, 3.63) is 30.0 Å². The van der Waals surface area contributed by atoms with Crippen LogP contribution < -0.4 is 10.0 Å². The van der Waals surface area contributed by atoms with Crippen molar-refractivity contribution in [2.75, 3.05) is 22.9 Å². The lowest BCUT2D eigenvalue weighted by Crippen LogP contribution is -2.35. The van der Waals surface area contributed by atoms with Crippen molar-refractivity contribution in [1.29, 1.82) is 0 Å². The maximum absolute atomic E-state index is 11.7. The molecule has 0 aliphatic heterocycles. The van der Waals surface area contributed by atoms with Crippen molar-refractivity contribution in [3.63, 3.8) is 0 Å². The smallest absolute Gasteiger partial charge is 0.238 e. The van der Waals surface area contributed by atoms with Crippen LogP contribution in [-0.2, 0) is 10.0 Å². The number of aliphatic hydroxyl groups excluding tert-OH is 3. The Morgan fingerprint density at radius 1 is 1.16 bits per heavy atom. The Morgan fingerprint density at radius 2 is 1.90 bits per heavy atom. The van der Waals surface area contributed by atoms with E-state index in [1.807, 2.05) is 24.3 Å². The number of anilines is 2. The molecule has 0 amide bonds. The summed E-state index contributed by atoms with van der Waals surface area (Å²) in [5.74, 6) is -0.304. The zero-order valence-corrected chi connectivity index (χ0v) is 18.5. The zero-order chi connectivity index (χ0) is 22.3. The molecule has 31 heavy (non-hydrogen) atoms. The van der Waals surface area contributed by atoms with Crippen LogP contribution in [0.25, 0.3) is 20.8 Å². The van der Waals surface area contributed by atoms with Gasteiger partial charge in [-0.05, 0) is 25.5 Å². The van der Waals surface area contributed by atoms with Crippen LogP contribution in [0.3, 0.4) is 0 Å². The molecule has 0 radical (unpaired) electrons. The first kappa shape index (κ1) is 21.8. The molecule has 1 aliphatic rings. The van der Waals surface area contributed by atoms with E-state index < -0.39 is 34.2 Å². The quantitative estimate of drug-likeness (QED) is 0.357. The molecular formula is C19H23N5O5S2. The van der Waals surface area contributed by atoms with Crippen molar-refractivity contribution >= 4 is 43.3 Å². The second kappa shape index (κ2) is 8.28. The van der Waals surface area contributed by atoms with Crippen LogP contribution in [0.5, 0.6) is 0 Å². The Kier molecular flexibility index (Phi) is 5.83. The van der Waals surface area contributed by atoms with Gasteiger partial charge in [-0.25, -0.2) is 18.4 Å². The molecule has 5 N–H and O–H groups in total. The van der Waals surface area contributed by atoms with Crippen LogP contribution in [0.4, 0.5) is 11.8 Å². The van der Waals surface area contributed by atoms with Gasteiger partial charge in [0.1, 0.15) is 16.9 Å². The number of aromatic nitrogens is 3. The largest absolute Gasteiger partial charge is 0.396 e. The van der Waals surface area contributed by atoms with Gasteiger partial charge in [0.05, 0.1) is 39.9 Å². The molecule has 10 nitrogen and oxygen atoms in total. The summed E-state index contributed by atoms with van der Waals surface area (Å²) in [7, 11) is -3.61. The minimum atomic E-state index is -3.61. The molecule has 0 bridgehead atoms. The number of sulfonamides is 1. The lowest BCUT2D eigenvalue weighted by molar-refractivity contribution is 0.00446. The SMILES string of the molecule is Cc1nc(NS(C)(=O)=O)nc(N[C@@H]2C[C@H](CO)[C@@H](O)[C@H]2O)c1-c1nc2ccccc2s1. The van der Waals surface area contributed by atoms with E-state index in [4.69, 9.17) is 0 Å². The molecule has 0 spiro atoms. The molecule has 1 fully saturated rings. The Bertz CT molecular complexity index is 1180. The maximum atomic E-state index is 11.7. The van der Waals surface area contributed by atoms with Gasteiger partial charge in [0.25, 0.3) is 0 Å². The van der Waals surface area contributed by atoms with Gasteiger partial charge < -0.3 is 20.6 Å². The summed E-state index contributed by atoms with van der Waals surface area (Å²) in [6, 6.07) is 7.04. The third kappa shape index (κ3) is 4.48. The van der Waals surface area contributed by atoms with Crippen molar-refractivity contribution < 1.29 is 23.7 Å². The second-order valence-corrected chi connectivity index (χ2v) is 10.4. The van der Waals surface area contributed by atoms with E-state index in [9.17, 15) is 23.7 Å². The third-order valence-electron chi connectivity index (χ3n) is 5.23. The van der Waals surface area contributed by atoms with Gasteiger partial charge in [0, 0.05) is 12.5 Å². The van der Waals surface area contributed by atoms with Gasteiger partial charge in [-0.3, -0.25) is 4.72 Å². The number of fused-ring (bicyclic) bond motifs is 1. The van der Waals surface area contributed by atoms with Crippen LogP contribution in [0, 0.1) is 12.8 Å². The Hall–Kier alpha value is -2.38. The highest BCUT2D eigenvalue weighted by molar-refractivity contribution is 7.91. The monoisotopic (exact) mass is 465 g/mol. The summed E-state index contributed by atoms with van der Waals surface area (Å²) < 4.78 is 26.6. The number of benzene rings is 1. The highest BCUT2D eigenvalue weighted by Gasteiger charge is 2.41. The predicted octanol–water partition coefficient (Wildman–Crippen LogP) is 0.948. The van der Waals surface area contributed by atoms with Crippen LogP contribution in [0.1, 0.15) is 12.1 Å². The number of hydrogen-bond acceptors (Lipinski definition) is 10. The average Bonchev–Trinajstić information content (AvgIpc) is 3.22. The first-order valence-electron chi connectivity index (χ1n) is 9.62. The van der Waals surface area contributed by atoms with Crippen molar-refractivity contribution in [1.82, 2.24) is 15.0 Å². The fraction of sp³-hybridized carbons (Fsp3) is 0.421. The zero-order valence-electron chi connectivity index (χ0n) is 16.8. The molecule has 4 rings (SSSR count). The van der Waals surface area contributed by atoms with Gasteiger partial charge in [0.2, 0.25) is 16.0 Å². The molecule has 0 unspecified atom stereocenters. The standard InChI is InChI=1S/C19H23N5O5S2/c1-9-14(18-22-11-5-3-4-6-13(11)30-18)17(23-19(20-9)24-31(2,28)29)21-12-7-10(8-25)15(26)16(12)27/h3-6,10,12,15-16,25-27H,7-8H2,1-2H3,(H2,20,21,23,24)/t10-,12-,15-,16+/m1/s1. The Morgan fingerprint density at radius 3 is 2.55 bits per heavy atom. The van der Waals surface area contributed by atoms with Crippen molar-refractivity contribution in [2.45, 2.75) is 31.6 Å². The number of aryl methyl sites for hydroxylation is 1. The topological polar surface area (TPSA) is 158 Å². The van der Waals surface area contributed by atoms with Crippen LogP contribution >= 0.6 is 11.3 Å². The molecule has 4 atom stereocenters. The summed E-state index contributed by atoms with van der Waals surface area (Å²) in [6.07, 6.45) is -0.883. The molecule has 0 saturated heterocycles. The van der Waals surface area contributed by atoms with Crippen LogP contribution in [0.2, 0.25) is 0 Å². The molecule has 166 valence electrons. The van der Waals surface area contributed by atoms with Gasteiger partial charge in [-0.1, -0.05) is 12.1 Å². The fourth-order valence-corrected chi connectivity index (χ4v) is 5.23. The number of para-hydroxylation sites is 1. The number of nitrogens with zero attached hydrogens (tertiary/aromatic N) is 3. The third-order valence-corrected chi connectivity index (χ3v) is 6.84. The second-order valence-electron chi connectivity index (χ2n) is 7.63. The van der Waals surface area contributed by atoms with Crippen molar-refractivity contribution in [2.24, 2.45) is 5.92 Å². The molecule has 12 heteroatoms. The molecule has 1 saturated carbocycles. The lowest BCUT2D eigenvalue weighted by atomic mass is 10.1. The van der Waals surface area contributed by atoms with E-state index in [0.717, 1.165) is 16.5 Å². The predicted molar refractivity (Wildman–Crippen MR) is 118 cm³/mol. The highest BCUT2D eigenvalue weighted by Crippen LogP contribution is 2.38. The summed E-state index contributed by atoms with van der Waals surface area (Å²) in [5, 5.41) is 33.8. The van der Waals surface area contributed by atoms with Gasteiger partial charge >= 0.3 is 0 Å². The molecule has 3 aromatic rings. The number of hydrogen-bond donors (Lipinski definition) is 5. The number of aliphatic hydroxyl groups is 3. The molecular weight excluding hydrogens is 442 g/mol. The van der Waals surface area contributed by atoms with E-state index in [0.29, 0.717) is 22.7 Å². The van der Waals surface area contributed by atoms with E-state index in [2.05, 4.69) is 25.0 Å². The summed E-state index contributed by atoms with van der Waals surface area (Å²) in [5.41, 5.74) is 1.88. The summed E-state index contributed by atoms with van der Waals surface area (Å²) in [4.78, 5) is 13.3. The Labute approximate surface area is 183 Å². The number of rotatable bonds is 6. The van der Waals surface area contributed by atoms with E-state index in [1.165, 1.54) is 11.3 Å². The lowest BCUT2D eigenvalue weighted by Gasteiger charge is -2.21. The van der Waals surface area contributed by atoms with E-state index in [-0.39, 0.29) is 18.4 Å². The first-order valence-corrected chi connectivity index (χ1v) is 12.3. The molecule has 1 aromatic carbocycles. The van der Waals surface area contributed by atoms with E-state index >= 15 is 0 Å². The highest BCUT2D eigenvalue weighted by atomic mass is 32.2. The molecule has 2 heterocycles. The summed E-state index contributed by atoms with van der Waals surface area (Å²) >= 11 is 1.44. The summed E-state index contributed by atoms with van der Waals surface area (Å²) in [6.45, 7) is 1.46. The van der Waals surface area contributed by atoms with E-state index in [1.54, 1.807) is 6.92 Å². The molecule has 1 aliphatic carbocycles. The van der Waals surface area contributed by atoms with Crippen molar-refractivity contribution in [3.8, 4) is 10.6 Å². The van der Waals surface area contributed by atoms with Gasteiger partial charge in [-0.15, -0.1) is 11.3 Å². The normalized spacial score (nSPS) is 23.9. The molecule has 2 aromatic heterocycles. The first-order chi connectivity index (χ1) is 14.7. The minimum absolute atomic E-state index is 0.112. The Balaban J connectivity index is 1.80.